The van der Waals surface area contributed by atoms with Crippen LogP contribution >= 0.6 is 0 Å². The summed E-state index contributed by atoms with van der Waals surface area (Å²) in [5.74, 6) is -0.243. The molecule has 0 atom stereocenters. The van der Waals surface area contributed by atoms with Crippen LogP contribution in [0.5, 0.6) is 6.01 Å². The molecule has 0 N–H and O–H groups in total. The van der Waals surface area contributed by atoms with E-state index in [-0.39, 0.29) is 59.6 Å². The third-order valence-corrected chi connectivity index (χ3v) is 8.29. The summed E-state index contributed by atoms with van der Waals surface area (Å²) < 4.78 is 110. The summed E-state index contributed by atoms with van der Waals surface area (Å²) in [6.07, 6.45) is -8.76. The highest BCUT2D eigenvalue weighted by atomic mass is 32.2. The summed E-state index contributed by atoms with van der Waals surface area (Å²) in [5.41, 5.74) is -1.11. The van der Waals surface area contributed by atoms with Gasteiger partial charge >= 0.3 is 18.4 Å². The second-order valence-electron chi connectivity index (χ2n) is 9.54. The van der Waals surface area contributed by atoms with E-state index in [1.165, 1.54) is 34.6 Å². The van der Waals surface area contributed by atoms with Crippen LogP contribution in [-0.4, -0.2) is 58.5 Å². The number of sulfonamides is 1. The van der Waals surface area contributed by atoms with Gasteiger partial charge in [-0.1, -0.05) is 24.3 Å². The van der Waals surface area contributed by atoms with Gasteiger partial charge in [0.05, 0.1) is 15.4 Å². The first kappa shape index (κ1) is 31.1. The van der Waals surface area contributed by atoms with Gasteiger partial charge in [0.15, 0.2) is 6.61 Å². The molecule has 0 amide bonds. The van der Waals surface area contributed by atoms with Crippen molar-refractivity contribution in [3.63, 3.8) is 0 Å². The summed E-state index contributed by atoms with van der Waals surface area (Å²) in [7, 11) is -4.02. The van der Waals surface area contributed by atoms with Crippen molar-refractivity contribution in [2.75, 3.05) is 19.7 Å². The van der Waals surface area contributed by atoms with Gasteiger partial charge in [0, 0.05) is 38.1 Å². The zero-order valence-electron chi connectivity index (χ0n) is 21.6. The molecule has 1 aromatic heterocycles. The number of non-ortho nitro benzene ring substituents is 1. The Balaban J connectivity index is 1.49. The van der Waals surface area contributed by atoms with Gasteiger partial charge in [-0.3, -0.25) is 10.1 Å². The molecule has 1 aliphatic heterocycles. The molecular formula is C25H23F6N5O5S. The first-order chi connectivity index (χ1) is 19.6. The number of hydrogen-bond acceptors (Lipinski definition) is 8. The van der Waals surface area contributed by atoms with E-state index >= 15 is 0 Å². The van der Waals surface area contributed by atoms with Crippen LogP contribution < -0.4 is 4.74 Å². The highest BCUT2D eigenvalue weighted by molar-refractivity contribution is 7.89. The molecule has 4 rings (SSSR count). The van der Waals surface area contributed by atoms with Crippen molar-refractivity contribution in [3.8, 4) is 6.01 Å². The zero-order valence-corrected chi connectivity index (χ0v) is 22.4. The van der Waals surface area contributed by atoms with Crippen LogP contribution in [0.1, 0.15) is 35.6 Å². The number of nitrogens with zero attached hydrogens (tertiary/aromatic N) is 5. The molecule has 17 heteroatoms. The van der Waals surface area contributed by atoms with E-state index in [0.717, 1.165) is 18.2 Å². The topological polar surface area (TPSA) is 128 Å². The van der Waals surface area contributed by atoms with Crippen molar-refractivity contribution in [2.45, 2.75) is 42.9 Å². The van der Waals surface area contributed by atoms with Crippen molar-refractivity contribution in [1.29, 1.82) is 0 Å². The number of aromatic nitrogens is 3. The number of nitro benzene ring substituents is 1. The SMILES string of the molecule is O=[N+]([O-])c1cccc(S(=O)(=O)N2CCC(Cc3nc(Cc4cccc(C(F)(F)F)c4)nc(OCC(F)(F)F)n3)CC2)c1. The number of nitro groups is 1. The Morgan fingerprint density at radius 3 is 2.26 bits per heavy atom. The molecule has 0 saturated carbocycles. The molecule has 0 spiro atoms. The summed E-state index contributed by atoms with van der Waals surface area (Å²) in [6.45, 7) is -1.56. The van der Waals surface area contributed by atoms with E-state index in [2.05, 4.69) is 15.0 Å². The van der Waals surface area contributed by atoms with Gasteiger partial charge in [-0.2, -0.15) is 40.6 Å². The lowest BCUT2D eigenvalue weighted by molar-refractivity contribution is -0.385. The molecule has 0 aliphatic carbocycles. The number of benzene rings is 2. The van der Waals surface area contributed by atoms with Gasteiger partial charge in [-0.15, -0.1) is 0 Å². The molecule has 0 bridgehead atoms. The first-order valence-electron chi connectivity index (χ1n) is 12.4. The molecule has 42 heavy (non-hydrogen) atoms. The summed E-state index contributed by atoms with van der Waals surface area (Å²) in [5, 5.41) is 11.0. The molecule has 2 heterocycles. The summed E-state index contributed by atoms with van der Waals surface area (Å²) in [6, 6.07) is 8.40. The van der Waals surface area contributed by atoms with Gasteiger partial charge < -0.3 is 4.74 Å². The Morgan fingerprint density at radius 1 is 0.952 bits per heavy atom. The van der Waals surface area contributed by atoms with Crippen molar-refractivity contribution >= 4 is 15.7 Å². The third kappa shape index (κ3) is 8.12. The summed E-state index contributed by atoms with van der Waals surface area (Å²) in [4.78, 5) is 22.2. The van der Waals surface area contributed by atoms with Gasteiger partial charge in [-0.25, -0.2) is 13.4 Å². The van der Waals surface area contributed by atoms with Crippen LogP contribution in [0.15, 0.2) is 53.4 Å². The van der Waals surface area contributed by atoms with E-state index in [9.17, 15) is 44.9 Å². The molecule has 3 aromatic rings. The smallest absolute Gasteiger partial charge is 0.422 e. The zero-order chi connectivity index (χ0) is 30.7. The number of piperidine rings is 1. The first-order valence-corrected chi connectivity index (χ1v) is 13.9. The molecule has 1 fully saturated rings. The van der Waals surface area contributed by atoms with E-state index < -0.39 is 45.5 Å². The molecule has 1 saturated heterocycles. The Hall–Kier alpha value is -3.86. The number of alkyl halides is 6. The Bertz CT molecular complexity index is 1540. The maximum atomic E-state index is 13.1. The van der Waals surface area contributed by atoms with Crippen LogP contribution in [0.25, 0.3) is 0 Å². The normalized spacial score (nSPS) is 15.5. The van der Waals surface area contributed by atoms with Crippen molar-refractivity contribution in [2.24, 2.45) is 5.92 Å². The van der Waals surface area contributed by atoms with Gasteiger partial charge in [0.1, 0.15) is 11.6 Å². The lowest BCUT2D eigenvalue weighted by Gasteiger charge is -2.31. The quantitative estimate of drug-likeness (QED) is 0.187. The minimum atomic E-state index is -4.69. The fourth-order valence-corrected chi connectivity index (χ4v) is 5.89. The minimum Gasteiger partial charge on any atom is -0.454 e. The number of rotatable bonds is 9. The standard InChI is InChI=1S/C25H23F6N5O5S/c26-24(27,28)15-41-23-33-21(32-22(34-23)13-17-3-1-4-18(11-17)25(29,30)31)12-16-7-9-35(10-8-16)42(39,40)20-6-2-5-19(14-20)36(37)38/h1-6,11,14,16H,7-10,12-13,15H2. The average Bonchev–Trinajstić information content (AvgIpc) is 2.91. The van der Waals surface area contributed by atoms with Crippen LogP contribution in [0.2, 0.25) is 0 Å². The second-order valence-corrected chi connectivity index (χ2v) is 11.5. The predicted molar refractivity (Wildman–Crippen MR) is 134 cm³/mol. The van der Waals surface area contributed by atoms with Gasteiger partial charge in [0.2, 0.25) is 10.0 Å². The Morgan fingerprint density at radius 2 is 1.62 bits per heavy atom. The Labute approximate surface area is 235 Å². The highest BCUT2D eigenvalue weighted by Gasteiger charge is 2.33. The van der Waals surface area contributed by atoms with E-state index in [1.807, 2.05) is 0 Å². The Kier molecular flexibility index (Phi) is 9.01. The lowest BCUT2D eigenvalue weighted by atomic mass is 9.94. The fraction of sp³-hybridized carbons (Fsp3) is 0.400. The maximum absolute atomic E-state index is 13.1. The number of halogens is 6. The van der Waals surface area contributed by atoms with E-state index in [4.69, 9.17) is 4.74 Å². The molecule has 2 aromatic carbocycles. The second kappa shape index (κ2) is 12.2. The molecular weight excluding hydrogens is 596 g/mol. The lowest BCUT2D eigenvalue weighted by Crippen LogP contribution is -2.39. The molecule has 226 valence electrons. The predicted octanol–water partition coefficient (Wildman–Crippen LogP) is 4.97. The van der Waals surface area contributed by atoms with Gasteiger partial charge in [0.25, 0.3) is 5.69 Å². The number of hydrogen-bond donors (Lipinski definition) is 0. The molecule has 0 radical (unpaired) electrons. The molecule has 1 aliphatic rings. The minimum absolute atomic E-state index is 0.0455. The van der Waals surface area contributed by atoms with E-state index in [1.54, 1.807) is 0 Å². The van der Waals surface area contributed by atoms with Crippen LogP contribution in [0.4, 0.5) is 32.0 Å². The van der Waals surface area contributed by atoms with Crippen molar-refractivity contribution in [1.82, 2.24) is 19.3 Å². The number of ether oxygens (including phenoxy) is 1. The van der Waals surface area contributed by atoms with Crippen molar-refractivity contribution in [3.05, 3.63) is 81.4 Å². The monoisotopic (exact) mass is 619 g/mol. The van der Waals surface area contributed by atoms with Crippen LogP contribution in [0.3, 0.4) is 0 Å². The third-order valence-electron chi connectivity index (χ3n) is 6.40. The fourth-order valence-electron chi connectivity index (χ4n) is 4.38. The average molecular weight is 620 g/mol. The van der Waals surface area contributed by atoms with Crippen LogP contribution in [0, 0.1) is 16.0 Å². The van der Waals surface area contributed by atoms with Crippen LogP contribution in [-0.2, 0) is 29.0 Å². The van der Waals surface area contributed by atoms with E-state index in [0.29, 0.717) is 12.8 Å². The largest absolute Gasteiger partial charge is 0.454 e. The maximum Gasteiger partial charge on any atom is 0.422 e. The highest BCUT2D eigenvalue weighted by Crippen LogP contribution is 2.30. The molecule has 10 nitrogen and oxygen atoms in total. The van der Waals surface area contributed by atoms with Gasteiger partial charge in [-0.05, 0) is 36.5 Å². The summed E-state index contributed by atoms with van der Waals surface area (Å²) >= 11 is 0. The van der Waals surface area contributed by atoms with Crippen molar-refractivity contribution < 1.29 is 44.4 Å². The molecule has 0 unspecified atom stereocenters.